The average molecular weight is 258 g/mol. The minimum absolute atomic E-state index is 0. The lowest BCUT2D eigenvalue weighted by Crippen LogP contribution is -2.27. The lowest BCUT2D eigenvalue weighted by atomic mass is 9.91. The van der Waals surface area contributed by atoms with Gasteiger partial charge in [0.15, 0.2) is 0 Å². The van der Waals surface area contributed by atoms with E-state index in [1.165, 1.54) is 11.1 Å². The van der Waals surface area contributed by atoms with Gasteiger partial charge in [0, 0.05) is 0 Å². The third-order valence-corrected chi connectivity index (χ3v) is 3.14. The molecule has 3 N–H and O–H groups in total. The van der Waals surface area contributed by atoms with Crippen LogP contribution in [0, 0.1) is 13.8 Å². The predicted octanol–water partition coefficient (Wildman–Crippen LogP) is 3.28. The standard InChI is InChI=1S/C14H23NO.ClH/c1-4-5-9-12(16)14(15)13-10(2)7-6-8-11(13)3;/h6-8,12,14,16H,4-5,9,15H2,1-3H3;1H/t12-,14-;/m1./s1. The van der Waals surface area contributed by atoms with Crippen molar-refractivity contribution in [3.05, 3.63) is 34.9 Å². The van der Waals surface area contributed by atoms with E-state index in [4.69, 9.17) is 5.73 Å². The summed E-state index contributed by atoms with van der Waals surface area (Å²) in [6.07, 6.45) is 2.47. The van der Waals surface area contributed by atoms with Crippen LogP contribution in [0.2, 0.25) is 0 Å². The summed E-state index contributed by atoms with van der Waals surface area (Å²) in [4.78, 5) is 0. The van der Waals surface area contributed by atoms with Crippen molar-refractivity contribution >= 4 is 12.4 Å². The maximum Gasteiger partial charge on any atom is 0.0733 e. The zero-order valence-corrected chi connectivity index (χ0v) is 11.8. The van der Waals surface area contributed by atoms with E-state index in [2.05, 4.69) is 32.9 Å². The van der Waals surface area contributed by atoms with Gasteiger partial charge in [-0.25, -0.2) is 0 Å². The normalized spacial score (nSPS) is 13.9. The first-order valence-electron chi connectivity index (χ1n) is 6.07. The molecule has 1 rings (SSSR count). The van der Waals surface area contributed by atoms with Gasteiger partial charge in [-0.3, -0.25) is 0 Å². The molecule has 0 saturated carbocycles. The van der Waals surface area contributed by atoms with Gasteiger partial charge in [0.25, 0.3) is 0 Å². The van der Waals surface area contributed by atoms with Gasteiger partial charge in [0.1, 0.15) is 0 Å². The number of benzene rings is 1. The van der Waals surface area contributed by atoms with E-state index in [-0.39, 0.29) is 18.4 Å². The van der Waals surface area contributed by atoms with Gasteiger partial charge in [-0.05, 0) is 37.0 Å². The molecule has 98 valence electrons. The van der Waals surface area contributed by atoms with Gasteiger partial charge in [-0.2, -0.15) is 0 Å². The van der Waals surface area contributed by atoms with Crippen molar-refractivity contribution in [1.82, 2.24) is 0 Å². The maximum atomic E-state index is 10.0. The van der Waals surface area contributed by atoms with Crippen LogP contribution in [0.25, 0.3) is 0 Å². The van der Waals surface area contributed by atoms with E-state index in [0.29, 0.717) is 0 Å². The largest absolute Gasteiger partial charge is 0.391 e. The molecule has 1 aromatic carbocycles. The molecular weight excluding hydrogens is 234 g/mol. The average Bonchev–Trinajstić information content (AvgIpc) is 2.25. The molecule has 0 heterocycles. The van der Waals surface area contributed by atoms with Crippen molar-refractivity contribution in [2.24, 2.45) is 5.73 Å². The highest BCUT2D eigenvalue weighted by Crippen LogP contribution is 2.24. The Morgan fingerprint density at radius 3 is 2.24 bits per heavy atom. The Balaban J connectivity index is 0.00000256. The molecule has 2 atom stereocenters. The first-order valence-corrected chi connectivity index (χ1v) is 6.07. The summed E-state index contributed by atoms with van der Waals surface area (Å²) < 4.78 is 0. The molecule has 0 aliphatic rings. The van der Waals surface area contributed by atoms with Gasteiger partial charge in [0.05, 0.1) is 12.1 Å². The van der Waals surface area contributed by atoms with Crippen molar-refractivity contribution < 1.29 is 5.11 Å². The molecule has 2 nitrogen and oxygen atoms in total. The van der Waals surface area contributed by atoms with Crippen molar-refractivity contribution in [3.8, 4) is 0 Å². The van der Waals surface area contributed by atoms with Crippen LogP contribution in [0.15, 0.2) is 18.2 Å². The quantitative estimate of drug-likeness (QED) is 0.850. The highest BCUT2D eigenvalue weighted by Gasteiger charge is 2.19. The minimum Gasteiger partial charge on any atom is -0.391 e. The van der Waals surface area contributed by atoms with E-state index in [1.807, 2.05) is 6.07 Å². The zero-order chi connectivity index (χ0) is 12.1. The van der Waals surface area contributed by atoms with Gasteiger partial charge >= 0.3 is 0 Å². The maximum absolute atomic E-state index is 10.0. The van der Waals surface area contributed by atoms with Crippen LogP contribution in [0.3, 0.4) is 0 Å². The SMILES string of the molecule is CCCC[C@@H](O)[C@@H](N)c1c(C)cccc1C.Cl. The summed E-state index contributed by atoms with van der Waals surface area (Å²) in [5, 5.41) is 10.0. The molecule has 0 aliphatic carbocycles. The molecule has 17 heavy (non-hydrogen) atoms. The Kier molecular flexibility index (Phi) is 7.44. The Labute approximate surface area is 111 Å². The van der Waals surface area contributed by atoms with Crippen LogP contribution in [0.4, 0.5) is 0 Å². The number of halogens is 1. The molecule has 3 heteroatoms. The van der Waals surface area contributed by atoms with Crippen LogP contribution in [-0.4, -0.2) is 11.2 Å². The van der Waals surface area contributed by atoms with Crippen molar-refractivity contribution in [3.63, 3.8) is 0 Å². The molecule has 0 radical (unpaired) electrons. The lowest BCUT2D eigenvalue weighted by molar-refractivity contribution is 0.132. The number of hydrogen-bond donors (Lipinski definition) is 2. The van der Waals surface area contributed by atoms with E-state index < -0.39 is 6.10 Å². The van der Waals surface area contributed by atoms with E-state index in [0.717, 1.165) is 24.8 Å². The number of rotatable bonds is 5. The third kappa shape index (κ3) is 4.30. The van der Waals surface area contributed by atoms with Crippen LogP contribution < -0.4 is 5.73 Å². The minimum atomic E-state index is -0.431. The van der Waals surface area contributed by atoms with E-state index in [9.17, 15) is 5.11 Å². The summed E-state index contributed by atoms with van der Waals surface area (Å²) in [6.45, 7) is 6.22. The van der Waals surface area contributed by atoms with Gasteiger partial charge in [-0.15, -0.1) is 12.4 Å². The number of nitrogens with two attached hydrogens (primary N) is 1. The number of aliphatic hydroxyl groups excluding tert-OH is 1. The molecular formula is C14H24ClNO. The number of unbranched alkanes of at least 4 members (excludes halogenated alkanes) is 1. The summed E-state index contributed by atoms with van der Waals surface area (Å²) in [6, 6.07) is 5.87. The second-order valence-corrected chi connectivity index (χ2v) is 4.54. The van der Waals surface area contributed by atoms with E-state index >= 15 is 0 Å². The molecule has 0 aromatic heterocycles. The molecule has 0 saturated heterocycles. The molecule has 1 aromatic rings. The summed E-state index contributed by atoms with van der Waals surface area (Å²) in [7, 11) is 0. The smallest absolute Gasteiger partial charge is 0.0733 e. The van der Waals surface area contributed by atoms with Gasteiger partial charge < -0.3 is 10.8 Å². The highest BCUT2D eigenvalue weighted by molar-refractivity contribution is 5.85. The Bertz CT molecular complexity index is 321. The first kappa shape index (κ1) is 16.4. The Morgan fingerprint density at radius 2 is 1.76 bits per heavy atom. The number of hydrogen-bond acceptors (Lipinski definition) is 2. The summed E-state index contributed by atoms with van der Waals surface area (Å²) in [5.74, 6) is 0. The van der Waals surface area contributed by atoms with Crippen LogP contribution in [0.5, 0.6) is 0 Å². The van der Waals surface area contributed by atoms with Crippen LogP contribution >= 0.6 is 12.4 Å². The Morgan fingerprint density at radius 1 is 1.24 bits per heavy atom. The van der Waals surface area contributed by atoms with Crippen LogP contribution in [-0.2, 0) is 0 Å². The fraction of sp³-hybridized carbons (Fsp3) is 0.571. The number of aliphatic hydroxyl groups is 1. The van der Waals surface area contributed by atoms with Gasteiger partial charge in [-0.1, -0.05) is 38.0 Å². The predicted molar refractivity (Wildman–Crippen MR) is 75.6 cm³/mol. The van der Waals surface area contributed by atoms with Crippen LogP contribution in [0.1, 0.15) is 48.9 Å². The van der Waals surface area contributed by atoms with Gasteiger partial charge in [0.2, 0.25) is 0 Å². The summed E-state index contributed by atoms with van der Waals surface area (Å²) in [5.41, 5.74) is 9.57. The molecule has 0 aliphatic heterocycles. The third-order valence-electron chi connectivity index (χ3n) is 3.14. The second-order valence-electron chi connectivity index (χ2n) is 4.54. The first-order chi connectivity index (χ1) is 7.57. The Hall–Kier alpha value is -0.570. The van der Waals surface area contributed by atoms with Crippen molar-refractivity contribution in [2.75, 3.05) is 0 Å². The van der Waals surface area contributed by atoms with Crippen molar-refractivity contribution in [2.45, 2.75) is 52.2 Å². The number of aryl methyl sites for hydroxylation is 2. The fourth-order valence-corrected chi connectivity index (χ4v) is 2.14. The fourth-order valence-electron chi connectivity index (χ4n) is 2.14. The second kappa shape index (κ2) is 7.70. The molecule has 0 amide bonds. The lowest BCUT2D eigenvalue weighted by Gasteiger charge is -2.22. The van der Waals surface area contributed by atoms with E-state index in [1.54, 1.807) is 0 Å². The molecule has 0 bridgehead atoms. The monoisotopic (exact) mass is 257 g/mol. The van der Waals surface area contributed by atoms with Crippen molar-refractivity contribution in [1.29, 1.82) is 0 Å². The summed E-state index contributed by atoms with van der Waals surface area (Å²) >= 11 is 0. The highest BCUT2D eigenvalue weighted by atomic mass is 35.5. The topological polar surface area (TPSA) is 46.2 Å². The zero-order valence-electron chi connectivity index (χ0n) is 10.9. The molecule has 0 fully saturated rings. The molecule has 0 unspecified atom stereocenters. The molecule has 0 spiro atoms.